The summed E-state index contributed by atoms with van der Waals surface area (Å²) in [5, 5.41) is 5.70. The van der Waals surface area contributed by atoms with Crippen LogP contribution >= 0.6 is 15.9 Å². The van der Waals surface area contributed by atoms with Gasteiger partial charge in [-0.25, -0.2) is 8.42 Å². The lowest BCUT2D eigenvalue weighted by Crippen LogP contribution is -2.15. The molecule has 8 heteroatoms. The molecule has 0 heterocycles. The lowest BCUT2D eigenvalue weighted by molar-refractivity contribution is 0.102. The summed E-state index contributed by atoms with van der Waals surface area (Å²) in [7, 11) is -1.99. The van der Waals surface area contributed by atoms with E-state index in [0.717, 1.165) is 10.2 Å². The fourth-order valence-electron chi connectivity index (χ4n) is 2.46. The van der Waals surface area contributed by atoms with Crippen LogP contribution in [0.25, 0.3) is 0 Å². The Balaban J connectivity index is 1.77. The van der Waals surface area contributed by atoms with Gasteiger partial charge in [0.25, 0.3) is 15.9 Å². The quantitative estimate of drug-likeness (QED) is 0.504. The van der Waals surface area contributed by atoms with E-state index in [2.05, 4.69) is 31.3 Å². The Bertz CT molecular complexity index is 1080. The Kier molecular flexibility index (Phi) is 6.01. The summed E-state index contributed by atoms with van der Waals surface area (Å²) in [6, 6.07) is 19.9. The molecule has 3 aromatic carbocycles. The van der Waals surface area contributed by atoms with Crippen molar-refractivity contribution < 1.29 is 13.2 Å². The van der Waals surface area contributed by atoms with Crippen LogP contribution in [0, 0.1) is 0 Å². The van der Waals surface area contributed by atoms with E-state index in [1.54, 1.807) is 67.7 Å². The van der Waals surface area contributed by atoms with Crippen LogP contribution in [0.15, 0.2) is 82.2 Å². The number of carbonyl (C=O) groups is 1. The van der Waals surface area contributed by atoms with Crippen LogP contribution in [0.5, 0.6) is 0 Å². The molecular weight excluding hydrogens is 442 g/mol. The highest BCUT2D eigenvalue weighted by Gasteiger charge is 2.15. The lowest BCUT2D eigenvalue weighted by Gasteiger charge is -2.11. The summed E-state index contributed by atoms with van der Waals surface area (Å²) in [6.07, 6.45) is 0. The smallest absolute Gasteiger partial charge is 0.261 e. The maximum atomic E-state index is 12.6. The van der Waals surface area contributed by atoms with Gasteiger partial charge in [-0.15, -0.1) is 0 Å². The summed E-state index contributed by atoms with van der Waals surface area (Å²) in [5.41, 5.74) is 2.20. The zero-order valence-corrected chi connectivity index (χ0v) is 17.3. The maximum Gasteiger partial charge on any atom is 0.261 e. The van der Waals surface area contributed by atoms with Gasteiger partial charge < -0.3 is 10.6 Å². The number of hydrogen-bond donors (Lipinski definition) is 3. The first-order valence-corrected chi connectivity index (χ1v) is 10.6. The van der Waals surface area contributed by atoms with Gasteiger partial charge in [0.05, 0.1) is 4.90 Å². The molecule has 28 heavy (non-hydrogen) atoms. The van der Waals surface area contributed by atoms with E-state index in [9.17, 15) is 13.2 Å². The van der Waals surface area contributed by atoms with Gasteiger partial charge in [-0.2, -0.15) is 0 Å². The standard InChI is InChI=1S/C20H18BrN3O3S/c1-22-16-9-5-14(6-10-16)20(25)23-18-3-2-4-19(13-18)28(26,27)24-17-11-7-15(21)8-12-17/h2-13,22,24H,1H3,(H,23,25). The minimum absolute atomic E-state index is 0.0544. The highest BCUT2D eigenvalue weighted by molar-refractivity contribution is 9.10. The van der Waals surface area contributed by atoms with Gasteiger partial charge in [-0.05, 0) is 66.7 Å². The average molecular weight is 460 g/mol. The SMILES string of the molecule is CNc1ccc(C(=O)Nc2cccc(S(=O)(=O)Nc3ccc(Br)cc3)c2)cc1. The predicted octanol–water partition coefficient (Wildman–Crippen LogP) is 4.54. The van der Waals surface area contributed by atoms with Crippen molar-refractivity contribution in [1.29, 1.82) is 0 Å². The number of amides is 1. The first kappa shape index (κ1) is 19.9. The van der Waals surface area contributed by atoms with Crippen molar-refractivity contribution in [3.05, 3.63) is 82.8 Å². The van der Waals surface area contributed by atoms with E-state index in [4.69, 9.17) is 0 Å². The third-order valence-corrected chi connectivity index (χ3v) is 5.84. The van der Waals surface area contributed by atoms with E-state index in [-0.39, 0.29) is 10.8 Å². The Morgan fingerprint density at radius 1 is 0.857 bits per heavy atom. The van der Waals surface area contributed by atoms with Gasteiger partial charge in [0, 0.05) is 34.1 Å². The second kappa shape index (κ2) is 8.45. The summed E-state index contributed by atoms with van der Waals surface area (Å²) >= 11 is 3.31. The number of halogens is 1. The fraction of sp³-hybridized carbons (Fsp3) is 0.0500. The lowest BCUT2D eigenvalue weighted by atomic mass is 10.2. The van der Waals surface area contributed by atoms with Crippen LogP contribution in [0.1, 0.15) is 10.4 Å². The molecule has 6 nitrogen and oxygen atoms in total. The third-order valence-electron chi connectivity index (χ3n) is 3.93. The minimum Gasteiger partial charge on any atom is -0.388 e. The molecule has 0 bridgehead atoms. The van der Waals surface area contributed by atoms with E-state index in [1.165, 1.54) is 12.1 Å². The summed E-state index contributed by atoms with van der Waals surface area (Å²) < 4.78 is 28.6. The van der Waals surface area contributed by atoms with Gasteiger partial charge in [-0.1, -0.05) is 22.0 Å². The fourth-order valence-corrected chi connectivity index (χ4v) is 3.83. The average Bonchev–Trinajstić information content (AvgIpc) is 2.70. The molecule has 0 aliphatic carbocycles. The van der Waals surface area contributed by atoms with Gasteiger partial charge in [0.1, 0.15) is 0 Å². The number of carbonyl (C=O) groups excluding carboxylic acids is 1. The number of nitrogens with one attached hydrogen (secondary N) is 3. The Hall–Kier alpha value is -2.84. The van der Waals surface area contributed by atoms with Gasteiger partial charge in [0.15, 0.2) is 0 Å². The number of hydrogen-bond acceptors (Lipinski definition) is 4. The minimum atomic E-state index is -3.78. The van der Waals surface area contributed by atoms with E-state index in [1.807, 2.05) is 0 Å². The van der Waals surface area contributed by atoms with Crippen molar-refractivity contribution in [2.75, 3.05) is 22.4 Å². The summed E-state index contributed by atoms with van der Waals surface area (Å²) in [5.74, 6) is -0.321. The van der Waals surface area contributed by atoms with Crippen LogP contribution in [-0.2, 0) is 10.0 Å². The molecule has 3 N–H and O–H groups in total. The van der Waals surface area contributed by atoms with Crippen molar-refractivity contribution in [3.63, 3.8) is 0 Å². The molecule has 1 amide bonds. The molecule has 0 radical (unpaired) electrons. The van der Waals surface area contributed by atoms with E-state index < -0.39 is 10.0 Å². The predicted molar refractivity (Wildman–Crippen MR) is 115 cm³/mol. The largest absolute Gasteiger partial charge is 0.388 e. The van der Waals surface area contributed by atoms with E-state index in [0.29, 0.717) is 16.9 Å². The molecule has 0 fully saturated rings. The topological polar surface area (TPSA) is 87.3 Å². The van der Waals surface area contributed by atoms with Gasteiger partial charge >= 0.3 is 0 Å². The van der Waals surface area contributed by atoms with Crippen LogP contribution in [-0.4, -0.2) is 21.4 Å². The maximum absolute atomic E-state index is 12.6. The Labute approximate surface area is 172 Å². The van der Waals surface area contributed by atoms with Crippen molar-refractivity contribution >= 4 is 48.9 Å². The zero-order valence-electron chi connectivity index (χ0n) is 14.9. The molecule has 0 unspecified atom stereocenters. The van der Waals surface area contributed by atoms with Gasteiger partial charge in [-0.3, -0.25) is 9.52 Å². The molecule has 0 saturated carbocycles. The van der Waals surface area contributed by atoms with Crippen molar-refractivity contribution in [2.24, 2.45) is 0 Å². The van der Waals surface area contributed by atoms with Crippen molar-refractivity contribution in [3.8, 4) is 0 Å². The van der Waals surface area contributed by atoms with Crippen molar-refractivity contribution in [2.45, 2.75) is 4.90 Å². The number of anilines is 3. The van der Waals surface area contributed by atoms with Crippen LogP contribution in [0.4, 0.5) is 17.1 Å². The number of sulfonamides is 1. The molecule has 3 rings (SSSR count). The normalized spacial score (nSPS) is 10.9. The third kappa shape index (κ3) is 4.90. The van der Waals surface area contributed by atoms with Crippen LogP contribution in [0.3, 0.4) is 0 Å². The van der Waals surface area contributed by atoms with Crippen molar-refractivity contribution in [1.82, 2.24) is 0 Å². The highest BCUT2D eigenvalue weighted by atomic mass is 79.9. The summed E-state index contributed by atoms with van der Waals surface area (Å²) in [4.78, 5) is 12.5. The molecular formula is C20H18BrN3O3S. The Morgan fingerprint density at radius 2 is 1.50 bits per heavy atom. The molecule has 0 spiro atoms. The van der Waals surface area contributed by atoms with Crippen LogP contribution in [0.2, 0.25) is 0 Å². The molecule has 0 saturated heterocycles. The number of benzene rings is 3. The van der Waals surface area contributed by atoms with Crippen LogP contribution < -0.4 is 15.4 Å². The zero-order chi connectivity index (χ0) is 20.1. The number of rotatable bonds is 6. The molecule has 3 aromatic rings. The molecule has 144 valence electrons. The second-order valence-corrected chi connectivity index (χ2v) is 8.52. The molecule has 0 aliphatic rings. The Morgan fingerprint density at radius 3 is 2.14 bits per heavy atom. The first-order chi connectivity index (χ1) is 13.4. The van der Waals surface area contributed by atoms with Gasteiger partial charge in [0.2, 0.25) is 0 Å². The molecule has 0 aliphatic heterocycles. The second-order valence-electron chi connectivity index (χ2n) is 5.92. The van der Waals surface area contributed by atoms with E-state index >= 15 is 0 Å². The monoisotopic (exact) mass is 459 g/mol. The molecule has 0 aromatic heterocycles. The highest BCUT2D eigenvalue weighted by Crippen LogP contribution is 2.21. The first-order valence-electron chi connectivity index (χ1n) is 8.35. The molecule has 0 atom stereocenters. The summed E-state index contributed by atoms with van der Waals surface area (Å²) in [6.45, 7) is 0.